The number of likely N-dealkylation sites (tertiary alicyclic amines) is 1. The van der Waals surface area contributed by atoms with Gasteiger partial charge in [0.15, 0.2) is 0 Å². The van der Waals surface area contributed by atoms with Crippen LogP contribution in [-0.4, -0.2) is 72.6 Å². The number of aryl methyl sites for hydroxylation is 1. The Bertz CT molecular complexity index is 1060. The second-order valence-electron chi connectivity index (χ2n) is 9.00. The van der Waals surface area contributed by atoms with Gasteiger partial charge in [-0.2, -0.15) is 0 Å². The summed E-state index contributed by atoms with van der Waals surface area (Å²) in [4.78, 5) is 31.1. The van der Waals surface area contributed by atoms with E-state index in [0.717, 1.165) is 68.3 Å². The molecule has 0 bridgehead atoms. The molecule has 3 heterocycles. The molecule has 2 fully saturated rings. The van der Waals surface area contributed by atoms with E-state index in [0.29, 0.717) is 18.7 Å². The van der Waals surface area contributed by atoms with E-state index in [1.807, 2.05) is 36.6 Å². The number of carbonyl (C=O) groups excluding carboxylic acids is 2. The van der Waals surface area contributed by atoms with E-state index in [1.165, 1.54) is 11.3 Å². The third-order valence-corrected chi connectivity index (χ3v) is 7.46. The Balaban J connectivity index is 1.59. The van der Waals surface area contributed by atoms with Crippen LogP contribution in [-0.2, 0) is 14.3 Å². The number of amides is 1. The number of hydrogen-bond acceptors (Lipinski definition) is 7. The van der Waals surface area contributed by atoms with Crippen molar-refractivity contribution in [2.24, 2.45) is 0 Å². The van der Waals surface area contributed by atoms with E-state index in [-0.39, 0.29) is 11.3 Å². The molecule has 35 heavy (non-hydrogen) atoms. The molecule has 1 unspecified atom stereocenters. The van der Waals surface area contributed by atoms with Crippen molar-refractivity contribution in [3.05, 3.63) is 57.3 Å². The Morgan fingerprint density at radius 3 is 2.66 bits per heavy atom. The van der Waals surface area contributed by atoms with Gasteiger partial charge in [0.05, 0.1) is 31.4 Å². The largest absolute Gasteiger partial charge is 0.507 e. The molecule has 4 rings (SSSR count). The number of rotatable bonds is 10. The van der Waals surface area contributed by atoms with Gasteiger partial charge in [-0.15, -0.1) is 11.3 Å². The number of nitrogens with zero attached hydrogens (tertiary/aromatic N) is 2. The van der Waals surface area contributed by atoms with Crippen molar-refractivity contribution in [2.75, 3.05) is 46.0 Å². The van der Waals surface area contributed by atoms with Crippen LogP contribution < -0.4 is 4.74 Å². The lowest BCUT2D eigenvalue weighted by Gasteiger charge is -2.28. The average Bonchev–Trinajstić information content (AvgIpc) is 3.48. The third-order valence-electron chi connectivity index (χ3n) is 6.53. The number of aliphatic hydroxyl groups is 1. The van der Waals surface area contributed by atoms with Gasteiger partial charge in [0.2, 0.25) is 0 Å². The van der Waals surface area contributed by atoms with Crippen LogP contribution >= 0.6 is 11.3 Å². The normalized spacial score (nSPS) is 20.5. The highest BCUT2D eigenvalue weighted by Crippen LogP contribution is 2.41. The van der Waals surface area contributed by atoms with E-state index in [9.17, 15) is 14.7 Å². The first-order valence-corrected chi connectivity index (χ1v) is 13.2. The minimum atomic E-state index is -0.631. The van der Waals surface area contributed by atoms with Gasteiger partial charge in [0, 0.05) is 36.6 Å². The maximum absolute atomic E-state index is 13.2. The van der Waals surface area contributed by atoms with Crippen LogP contribution in [0.25, 0.3) is 5.76 Å². The summed E-state index contributed by atoms with van der Waals surface area (Å²) in [6.07, 6.45) is 2.77. The third kappa shape index (κ3) is 5.77. The zero-order valence-corrected chi connectivity index (χ0v) is 21.3. The van der Waals surface area contributed by atoms with Gasteiger partial charge in [-0.1, -0.05) is 19.4 Å². The predicted molar refractivity (Wildman–Crippen MR) is 137 cm³/mol. The van der Waals surface area contributed by atoms with Gasteiger partial charge in [0.1, 0.15) is 11.5 Å². The fraction of sp³-hybridized carbons (Fsp3) is 0.481. The first-order chi connectivity index (χ1) is 17.0. The lowest BCUT2D eigenvalue weighted by atomic mass is 9.98. The summed E-state index contributed by atoms with van der Waals surface area (Å²) in [5.41, 5.74) is 1.54. The summed E-state index contributed by atoms with van der Waals surface area (Å²) in [5.74, 6) is -0.564. The maximum Gasteiger partial charge on any atom is 0.295 e. The number of morpholine rings is 1. The molecule has 0 aliphatic carbocycles. The molecule has 2 saturated heterocycles. The summed E-state index contributed by atoms with van der Waals surface area (Å²) in [5, 5.41) is 13.2. The number of thiophene rings is 1. The first kappa shape index (κ1) is 25.4. The number of ether oxygens (including phenoxy) is 2. The molecule has 2 aromatic rings. The lowest BCUT2D eigenvalue weighted by Crippen LogP contribution is -2.38. The molecule has 8 heteroatoms. The number of hydrogen-bond donors (Lipinski definition) is 1. The molecule has 0 spiro atoms. The Morgan fingerprint density at radius 2 is 1.97 bits per heavy atom. The zero-order valence-electron chi connectivity index (χ0n) is 20.5. The number of unbranched alkanes of at least 4 members (excludes halogenated alkanes) is 1. The van der Waals surface area contributed by atoms with Gasteiger partial charge in [-0.3, -0.25) is 14.5 Å². The number of Topliss-reactive ketones (excluding diaryl/α,β-unsaturated/α-hetero) is 1. The molecule has 1 N–H and O–H groups in total. The molecule has 0 radical (unpaired) electrons. The Labute approximate surface area is 210 Å². The quantitative estimate of drug-likeness (QED) is 0.227. The summed E-state index contributed by atoms with van der Waals surface area (Å²) >= 11 is 1.48. The van der Waals surface area contributed by atoms with Crippen molar-refractivity contribution < 1.29 is 24.2 Å². The summed E-state index contributed by atoms with van der Waals surface area (Å²) in [6, 6.07) is 8.62. The van der Waals surface area contributed by atoms with Crippen molar-refractivity contribution in [3.8, 4) is 5.75 Å². The molecule has 1 atom stereocenters. The number of carbonyl (C=O) groups is 2. The van der Waals surface area contributed by atoms with Gasteiger partial charge in [-0.25, -0.2) is 0 Å². The topological polar surface area (TPSA) is 79.3 Å². The van der Waals surface area contributed by atoms with E-state index in [1.54, 1.807) is 11.0 Å². The van der Waals surface area contributed by atoms with E-state index >= 15 is 0 Å². The monoisotopic (exact) mass is 498 g/mol. The van der Waals surface area contributed by atoms with Crippen molar-refractivity contribution in [2.45, 2.75) is 39.2 Å². The first-order valence-electron chi connectivity index (χ1n) is 12.4. The molecule has 1 amide bonds. The van der Waals surface area contributed by atoms with Crippen molar-refractivity contribution >= 4 is 28.8 Å². The second-order valence-corrected chi connectivity index (χ2v) is 9.98. The van der Waals surface area contributed by atoms with E-state index in [4.69, 9.17) is 9.47 Å². The number of ketones is 1. The Kier molecular flexibility index (Phi) is 8.59. The van der Waals surface area contributed by atoms with Crippen LogP contribution in [0.3, 0.4) is 0 Å². The smallest absolute Gasteiger partial charge is 0.295 e. The van der Waals surface area contributed by atoms with Gasteiger partial charge < -0.3 is 19.5 Å². The average molecular weight is 499 g/mol. The summed E-state index contributed by atoms with van der Waals surface area (Å²) < 4.78 is 11.2. The van der Waals surface area contributed by atoms with Crippen LogP contribution in [0.1, 0.15) is 48.2 Å². The fourth-order valence-corrected chi connectivity index (χ4v) is 5.43. The molecule has 188 valence electrons. The second kappa shape index (κ2) is 11.8. The SMILES string of the molecule is CCCCOc1ccc(/C(O)=C2\C(=O)C(=O)N(CCCN3CCOCC3)C2c2cccs2)cc1C. The minimum Gasteiger partial charge on any atom is -0.507 e. The highest BCUT2D eigenvalue weighted by molar-refractivity contribution is 7.10. The minimum absolute atomic E-state index is 0.138. The standard InChI is InChI=1S/C27H34N2O5S/c1-3-4-14-34-21-9-8-20(18-19(21)2)25(30)23-24(22-7-5-17-35-22)29(27(32)26(23)31)11-6-10-28-12-15-33-16-13-28/h5,7-9,17-18,24,30H,3-4,6,10-16H2,1-2H3/b25-23+. The number of aliphatic hydroxyl groups excluding tert-OH is 1. The maximum atomic E-state index is 13.2. The molecule has 1 aromatic heterocycles. The van der Waals surface area contributed by atoms with Crippen molar-refractivity contribution in [3.63, 3.8) is 0 Å². The van der Waals surface area contributed by atoms with Gasteiger partial charge in [-0.05, 0) is 55.0 Å². The molecular formula is C27H34N2O5S. The Morgan fingerprint density at radius 1 is 1.17 bits per heavy atom. The Hall–Kier alpha value is -2.68. The molecule has 2 aliphatic heterocycles. The van der Waals surface area contributed by atoms with Crippen LogP contribution in [0.5, 0.6) is 5.75 Å². The molecule has 2 aliphatic rings. The predicted octanol–water partition coefficient (Wildman–Crippen LogP) is 4.38. The van der Waals surface area contributed by atoms with Crippen molar-refractivity contribution in [1.82, 2.24) is 9.80 Å². The van der Waals surface area contributed by atoms with Gasteiger partial charge in [0.25, 0.3) is 11.7 Å². The highest BCUT2D eigenvalue weighted by Gasteiger charge is 2.46. The van der Waals surface area contributed by atoms with E-state index < -0.39 is 17.7 Å². The highest BCUT2D eigenvalue weighted by atomic mass is 32.1. The molecular weight excluding hydrogens is 464 g/mol. The molecule has 1 aromatic carbocycles. The van der Waals surface area contributed by atoms with Crippen LogP contribution in [0, 0.1) is 6.92 Å². The fourth-order valence-electron chi connectivity index (χ4n) is 4.58. The summed E-state index contributed by atoms with van der Waals surface area (Å²) in [7, 11) is 0. The number of benzene rings is 1. The molecule has 7 nitrogen and oxygen atoms in total. The molecule has 0 saturated carbocycles. The van der Waals surface area contributed by atoms with Crippen LogP contribution in [0.4, 0.5) is 0 Å². The van der Waals surface area contributed by atoms with E-state index in [2.05, 4.69) is 11.8 Å². The van der Waals surface area contributed by atoms with Crippen LogP contribution in [0.2, 0.25) is 0 Å². The lowest BCUT2D eigenvalue weighted by molar-refractivity contribution is -0.140. The summed E-state index contributed by atoms with van der Waals surface area (Å²) in [6.45, 7) is 9.15. The van der Waals surface area contributed by atoms with Gasteiger partial charge >= 0.3 is 0 Å². The van der Waals surface area contributed by atoms with Crippen molar-refractivity contribution in [1.29, 1.82) is 0 Å². The van der Waals surface area contributed by atoms with Crippen LogP contribution in [0.15, 0.2) is 41.3 Å². The zero-order chi connectivity index (χ0) is 24.8.